The Balaban J connectivity index is 1.55. The Morgan fingerprint density at radius 2 is 1.64 bits per heavy atom. The van der Waals surface area contributed by atoms with E-state index in [9.17, 15) is 21.6 Å². The van der Waals surface area contributed by atoms with E-state index in [1.54, 1.807) is 11.9 Å². The van der Waals surface area contributed by atoms with Crippen molar-refractivity contribution in [2.24, 2.45) is 7.05 Å². The largest absolute Gasteiger partial charge is 0.439 e. The minimum absolute atomic E-state index is 0.0757. The van der Waals surface area contributed by atoms with E-state index in [4.69, 9.17) is 4.74 Å². The maximum Gasteiger partial charge on any atom is 0.418 e. The Morgan fingerprint density at radius 1 is 0.952 bits per heavy atom. The van der Waals surface area contributed by atoms with Gasteiger partial charge in [-0.25, -0.2) is 18.1 Å². The lowest BCUT2D eigenvalue weighted by Gasteiger charge is -2.35. The van der Waals surface area contributed by atoms with Crippen molar-refractivity contribution < 1.29 is 26.3 Å². The molecule has 1 aliphatic heterocycles. The molecule has 1 fully saturated rings. The van der Waals surface area contributed by atoms with Gasteiger partial charge in [-0.15, -0.1) is 0 Å². The molecule has 4 aromatic rings. The van der Waals surface area contributed by atoms with E-state index < -0.39 is 21.8 Å². The second kappa shape index (κ2) is 11.2. The van der Waals surface area contributed by atoms with Crippen molar-refractivity contribution in [3.63, 3.8) is 0 Å². The van der Waals surface area contributed by atoms with Crippen molar-refractivity contribution in [1.29, 1.82) is 0 Å². The fourth-order valence-corrected chi connectivity index (χ4v) is 5.76. The summed E-state index contributed by atoms with van der Waals surface area (Å²) in [7, 11) is -0.615. The number of hydrogen-bond donors (Lipinski definition) is 1. The molecule has 14 heteroatoms. The Bertz CT molecular complexity index is 1700. The van der Waals surface area contributed by atoms with Gasteiger partial charge in [0.15, 0.2) is 0 Å². The van der Waals surface area contributed by atoms with Gasteiger partial charge >= 0.3 is 6.18 Å². The molecular formula is C28H30F3N7O3S. The van der Waals surface area contributed by atoms with Gasteiger partial charge in [0.2, 0.25) is 11.8 Å². The summed E-state index contributed by atoms with van der Waals surface area (Å²) in [6, 6.07) is 10.9. The minimum atomic E-state index is -4.63. The van der Waals surface area contributed by atoms with Crippen molar-refractivity contribution in [3.05, 3.63) is 71.5 Å². The lowest BCUT2D eigenvalue weighted by Crippen LogP contribution is -2.45. The Hall–Kier alpha value is -4.17. The number of aromatic nitrogens is 4. The van der Waals surface area contributed by atoms with Gasteiger partial charge in [0, 0.05) is 56.7 Å². The molecule has 222 valence electrons. The van der Waals surface area contributed by atoms with Crippen LogP contribution in [0.4, 0.5) is 24.8 Å². The van der Waals surface area contributed by atoms with Gasteiger partial charge in [-0.05, 0) is 50.2 Å². The molecule has 5 rings (SSSR count). The second-order valence-electron chi connectivity index (χ2n) is 10.2. The van der Waals surface area contributed by atoms with E-state index in [0.29, 0.717) is 37.4 Å². The molecular weight excluding hydrogens is 571 g/mol. The van der Waals surface area contributed by atoms with Gasteiger partial charge < -0.3 is 14.5 Å². The first-order chi connectivity index (χ1) is 19.8. The van der Waals surface area contributed by atoms with Crippen LogP contribution in [0.25, 0.3) is 11.3 Å². The van der Waals surface area contributed by atoms with Crippen molar-refractivity contribution >= 4 is 21.7 Å². The molecule has 1 N–H and O–H groups in total. The summed E-state index contributed by atoms with van der Waals surface area (Å²) in [5.74, 6) is -0.543. The third-order valence-corrected chi connectivity index (χ3v) is 8.28. The molecule has 0 radical (unpaired) electrons. The number of rotatable bonds is 7. The maximum absolute atomic E-state index is 14.2. The highest BCUT2D eigenvalue weighted by Crippen LogP contribution is 2.40. The van der Waals surface area contributed by atoms with Crippen molar-refractivity contribution in [2.45, 2.75) is 24.9 Å². The summed E-state index contributed by atoms with van der Waals surface area (Å²) in [4.78, 5) is 12.3. The molecule has 1 aliphatic rings. The van der Waals surface area contributed by atoms with Crippen molar-refractivity contribution in [3.8, 4) is 22.9 Å². The molecule has 0 atom stereocenters. The van der Waals surface area contributed by atoms with Crippen molar-refractivity contribution in [2.75, 3.05) is 42.8 Å². The molecule has 2 aromatic carbocycles. The molecule has 0 unspecified atom stereocenters. The number of sulfonamides is 1. The maximum atomic E-state index is 14.2. The van der Waals surface area contributed by atoms with E-state index in [1.165, 1.54) is 35.3 Å². The van der Waals surface area contributed by atoms with Gasteiger partial charge in [-0.2, -0.15) is 23.3 Å². The highest BCUT2D eigenvalue weighted by molar-refractivity contribution is 7.92. The van der Waals surface area contributed by atoms with Crippen LogP contribution in [0.2, 0.25) is 0 Å². The molecule has 0 bridgehead atoms. The summed E-state index contributed by atoms with van der Waals surface area (Å²) in [5, 5.41) is 3.89. The molecule has 0 saturated carbocycles. The molecule has 10 nitrogen and oxygen atoms in total. The number of halogens is 3. The normalized spacial score (nSPS) is 14.7. The number of benzene rings is 2. The van der Waals surface area contributed by atoms with Gasteiger partial charge in [0.25, 0.3) is 10.0 Å². The number of nitrogens with one attached hydrogen (secondary N) is 1. The van der Waals surface area contributed by atoms with Gasteiger partial charge in [-0.1, -0.05) is 18.2 Å². The summed E-state index contributed by atoms with van der Waals surface area (Å²) in [6.07, 6.45) is -2.14. The van der Waals surface area contributed by atoms with Crippen LogP contribution in [0.15, 0.2) is 59.8 Å². The van der Waals surface area contributed by atoms with Crippen LogP contribution >= 0.6 is 0 Å². The van der Waals surface area contributed by atoms with E-state index in [2.05, 4.69) is 24.7 Å². The SMILES string of the molecule is Cc1cccc(C)c1-c1cc(Oc2ccc(N3CCN(C)CC3)c(C(F)(F)F)c2)nc(NS(=O)(=O)c2cnn(C)c2)n1. The number of hydrogen-bond acceptors (Lipinski definition) is 8. The van der Waals surface area contributed by atoms with Crippen LogP contribution in [0.3, 0.4) is 0 Å². The van der Waals surface area contributed by atoms with Crippen LogP contribution in [0.1, 0.15) is 16.7 Å². The predicted molar refractivity (Wildman–Crippen MR) is 152 cm³/mol. The number of aryl methyl sites for hydroxylation is 3. The van der Waals surface area contributed by atoms with E-state index in [1.807, 2.05) is 39.1 Å². The first-order valence-corrected chi connectivity index (χ1v) is 14.6. The van der Waals surface area contributed by atoms with Gasteiger partial charge in [0.1, 0.15) is 10.6 Å². The lowest BCUT2D eigenvalue weighted by molar-refractivity contribution is -0.137. The zero-order chi connectivity index (χ0) is 30.2. The highest BCUT2D eigenvalue weighted by Gasteiger charge is 2.36. The standard InChI is InChI=1S/C28H30F3N7O3S/c1-18-6-5-7-19(2)26(18)23-15-25(34-27(33-23)35-42(39,40)21-16-32-37(4)17-21)41-20-8-9-24(22(14-20)28(29,30)31)38-12-10-36(3)11-13-38/h5-9,14-17H,10-13H2,1-4H3,(H,33,34,35). The first-order valence-electron chi connectivity index (χ1n) is 13.1. The zero-order valence-corrected chi connectivity index (χ0v) is 24.3. The molecule has 0 spiro atoms. The van der Waals surface area contributed by atoms with Crippen LogP contribution in [-0.4, -0.2) is 66.3 Å². The average Bonchev–Trinajstić information content (AvgIpc) is 3.36. The monoisotopic (exact) mass is 601 g/mol. The van der Waals surface area contributed by atoms with Gasteiger partial charge in [0.05, 0.1) is 17.5 Å². The molecule has 42 heavy (non-hydrogen) atoms. The average molecular weight is 602 g/mol. The number of ether oxygens (including phenoxy) is 1. The number of alkyl halides is 3. The van der Waals surface area contributed by atoms with E-state index >= 15 is 0 Å². The summed E-state index contributed by atoms with van der Waals surface area (Å²) in [6.45, 7) is 5.97. The summed E-state index contributed by atoms with van der Waals surface area (Å²) >= 11 is 0. The topological polar surface area (TPSA) is 105 Å². The van der Waals surface area contributed by atoms with Crippen LogP contribution < -0.4 is 14.4 Å². The zero-order valence-electron chi connectivity index (χ0n) is 23.5. The quantitative estimate of drug-likeness (QED) is 0.320. The number of nitrogens with zero attached hydrogens (tertiary/aromatic N) is 6. The smallest absolute Gasteiger partial charge is 0.418 e. The van der Waals surface area contributed by atoms with E-state index in [0.717, 1.165) is 17.2 Å². The molecule has 2 aromatic heterocycles. The minimum Gasteiger partial charge on any atom is -0.439 e. The molecule has 0 aliphatic carbocycles. The molecule has 1 saturated heterocycles. The fourth-order valence-electron chi connectivity index (χ4n) is 4.84. The highest BCUT2D eigenvalue weighted by atomic mass is 32.2. The summed E-state index contributed by atoms with van der Waals surface area (Å²) < 4.78 is 78.1. The number of anilines is 2. The van der Waals surface area contributed by atoms with Crippen molar-refractivity contribution in [1.82, 2.24) is 24.6 Å². The van der Waals surface area contributed by atoms with Gasteiger partial charge in [-0.3, -0.25) is 4.68 Å². The third kappa shape index (κ3) is 6.34. The Labute approximate surface area is 241 Å². The lowest BCUT2D eigenvalue weighted by atomic mass is 10.00. The Kier molecular flexibility index (Phi) is 7.86. The second-order valence-corrected chi connectivity index (χ2v) is 11.9. The number of likely N-dealkylation sites (N-methyl/N-ethyl adjacent to an activating group) is 1. The van der Waals surface area contributed by atoms with Crippen LogP contribution in [0.5, 0.6) is 11.6 Å². The molecule has 3 heterocycles. The Morgan fingerprint density at radius 3 is 2.26 bits per heavy atom. The number of piperazine rings is 1. The van der Waals surface area contributed by atoms with Crippen LogP contribution in [0, 0.1) is 13.8 Å². The predicted octanol–water partition coefficient (Wildman–Crippen LogP) is 4.86. The molecule has 0 amide bonds. The fraction of sp³-hybridized carbons (Fsp3) is 0.321. The third-order valence-electron chi connectivity index (χ3n) is 7.00. The summed E-state index contributed by atoms with van der Waals surface area (Å²) in [5.41, 5.74) is 2.02. The van der Waals surface area contributed by atoms with E-state index in [-0.39, 0.29) is 28.2 Å². The van der Waals surface area contributed by atoms with Crippen LogP contribution in [-0.2, 0) is 23.2 Å². The first kappa shape index (κ1) is 29.3.